The van der Waals surface area contributed by atoms with E-state index >= 15 is 0 Å². The van der Waals surface area contributed by atoms with E-state index in [-0.39, 0.29) is 5.91 Å². The lowest BCUT2D eigenvalue weighted by molar-refractivity contribution is -0.114. The number of nitrogens with two attached hydrogens (primary N) is 1. The lowest BCUT2D eigenvalue weighted by atomic mass is 9.96. The van der Waals surface area contributed by atoms with Crippen molar-refractivity contribution in [2.24, 2.45) is 16.0 Å². The van der Waals surface area contributed by atoms with Crippen molar-refractivity contribution in [1.82, 2.24) is 0 Å². The van der Waals surface area contributed by atoms with Crippen molar-refractivity contribution in [3.8, 4) is 0 Å². The molecule has 70 valence electrons. The summed E-state index contributed by atoms with van der Waals surface area (Å²) in [5, 5.41) is 7.78. The summed E-state index contributed by atoms with van der Waals surface area (Å²) in [6.45, 7) is 0. The number of rotatable bonds is 1. The van der Waals surface area contributed by atoms with E-state index in [1.54, 1.807) is 24.4 Å². The van der Waals surface area contributed by atoms with E-state index in [9.17, 15) is 4.79 Å². The van der Waals surface area contributed by atoms with Gasteiger partial charge >= 0.3 is 0 Å². The normalized spacial score (nSPS) is 19.0. The fourth-order valence-corrected chi connectivity index (χ4v) is 1.35. The summed E-state index contributed by atoms with van der Waals surface area (Å²) >= 11 is 0. The maximum Gasteiger partial charge on any atom is 0.244 e. The summed E-state index contributed by atoms with van der Waals surface area (Å²) in [4.78, 5) is 10.9. The quantitative estimate of drug-likeness (QED) is 0.665. The van der Waals surface area contributed by atoms with Crippen molar-refractivity contribution in [3.05, 3.63) is 47.3 Å². The molecule has 0 aromatic rings. The van der Waals surface area contributed by atoms with E-state index in [4.69, 9.17) is 5.73 Å². The van der Waals surface area contributed by atoms with Crippen LogP contribution in [0.5, 0.6) is 0 Å². The molecule has 4 heteroatoms. The van der Waals surface area contributed by atoms with E-state index in [1.165, 1.54) is 0 Å². The number of allylic oxidation sites excluding steroid dienone is 5. The van der Waals surface area contributed by atoms with E-state index in [1.807, 2.05) is 6.08 Å². The largest absolute Gasteiger partial charge is 0.366 e. The standard InChI is InChI=1S/C10H9N3O/c11-10(14)8-3-4-9-7(6-8)2-1-5-12-13-9/h1-5H,6H2,(H2,11,14). The van der Waals surface area contributed by atoms with Gasteiger partial charge in [-0.25, -0.2) is 0 Å². The highest BCUT2D eigenvalue weighted by atomic mass is 16.1. The Kier molecular flexibility index (Phi) is 2.10. The van der Waals surface area contributed by atoms with Crippen LogP contribution in [-0.4, -0.2) is 5.91 Å². The van der Waals surface area contributed by atoms with E-state index in [0.29, 0.717) is 12.0 Å². The van der Waals surface area contributed by atoms with Crippen LogP contribution in [0.1, 0.15) is 6.42 Å². The minimum atomic E-state index is -0.383. The minimum Gasteiger partial charge on any atom is -0.366 e. The third-order valence-corrected chi connectivity index (χ3v) is 2.08. The first-order valence-electron chi connectivity index (χ1n) is 4.25. The Morgan fingerprint density at radius 3 is 3.00 bits per heavy atom. The van der Waals surface area contributed by atoms with Gasteiger partial charge in [0.2, 0.25) is 5.91 Å². The summed E-state index contributed by atoms with van der Waals surface area (Å²) in [6.07, 6.45) is 9.28. The Labute approximate surface area is 81.2 Å². The molecular weight excluding hydrogens is 178 g/mol. The molecule has 0 aromatic heterocycles. The SMILES string of the molecule is NC(=O)C1=CC=C2N=NC=CC=C2C1. The van der Waals surface area contributed by atoms with Gasteiger partial charge in [0.15, 0.2) is 0 Å². The molecule has 0 saturated carbocycles. The van der Waals surface area contributed by atoms with Crippen LogP contribution in [0.25, 0.3) is 0 Å². The van der Waals surface area contributed by atoms with E-state index < -0.39 is 0 Å². The van der Waals surface area contributed by atoms with Gasteiger partial charge in [0.1, 0.15) is 0 Å². The smallest absolute Gasteiger partial charge is 0.244 e. The van der Waals surface area contributed by atoms with Crippen LogP contribution in [0.3, 0.4) is 0 Å². The third kappa shape index (κ3) is 1.54. The second kappa shape index (κ2) is 3.41. The van der Waals surface area contributed by atoms with Gasteiger partial charge in [0.05, 0.1) is 5.70 Å². The van der Waals surface area contributed by atoms with Crippen molar-refractivity contribution in [1.29, 1.82) is 0 Å². The predicted octanol–water partition coefficient (Wildman–Crippen LogP) is 1.59. The lowest BCUT2D eigenvalue weighted by Gasteiger charge is -2.11. The zero-order valence-corrected chi connectivity index (χ0v) is 7.47. The van der Waals surface area contributed by atoms with E-state index in [2.05, 4.69) is 10.2 Å². The monoisotopic (exact) mass is 187 g/mol. The molecule has 0 radical (unpaired) electrons. The average molecular weight is 187 g/mol. The molecule has 14 heavy (non-hydrogen) atoms. The first-order chi connectivity index (χ1) is 6.77. The maximum atomic E-state index is 10.9. The summed E-state index contributed by atoms with van der Waals surface area (Å²) in [5.41, 5.74) is 7.56. The van der Waals surface area contributed by atoms with Crippen LogP contribution >= 0.6 is 0 Å². The van der Waals surface area contributed by atoms with Crippen LogP contribution < -0.4 is 5.73 Å². The minimum absolute atomic E-state index is 0.383. The second-order valence-corrected chi connectivity index (χ2v) is 3.03. The molecule has 0 fully saturated rings. The topological polar surface area (TPSA) is 67.8 Å². The Morgan fingerprint density at radius 2 is 2.21 bits per heavy atom. The Bertz CT molecular complexity index is 425. The summed E-state index contributed by atoms with van der Waals surface area (Å²) < 4.78 is 0. The Balaban J connectivity index is 2.38. The first kappa shape index (κ1) is 8.62. The van der Waals surface area contributed by atoms with Gasteiger partial charge in [-0.15, -0.1) is 0 Å². The number of nitrogens with zero attached hydrogens (tertiary/aromatic N) is 2. The van der Waals surface area contributed by atoms with Gasteiger partial charge in [-0.05, 0) is 17.7 Å². The van der Waals surface area contributed by atoms with Gasteiger partial charge in [-0.2, -0.15) is 10.2 Å². The number of primary amides is 1. The molecule has 0 atom stereocenters. The van der Waals surface area contributed by atoms with Gasteiger partial charge < -0.3 is 5.73 Å². The molecule has 0 bridgehead atoms. The number of carbonyl (C=O) groups excluding carboxylic acids is 1. The number of fused-ring (bicyclic) bond motifs is 1. The molecular formula is C10H9N3O. The third-order valence-electron chi connectivity index (χ3n) is 2.08. The molecule has 1 heterocycles. The van der Waals surface area contributed by atoms with E-state index in [0.717, 1.165) is 11.3 Å². The number of carbonyl (C=O) groups is 1. The van der Waals surface area contributed by atoms with Gasteiger partial charge in [0, 0.05) is 18.2 Å². The molecule has 0 spiro atoms. The van der Waals surface area contributed by atoms with Crippen LogP contribution in [0.2, 0.25) is 0 Å². The van der Waals surface area contributed by atoms with Gasteiger partial charge in [0.25, 0.3) is 0 Å². The summed E-state index contributed by atoms with van der Waals surface area (Å²) in [5.74, 6) is -0.383. The van der Waals surface area contributed by atoms with Crippen LogP contribution in [0.15, 0.2) is 57.6 Å². The summed E-state index contributed by atoms with van der Waals surface area (Å²) in [6, 6.07) is 0. The first-order valence-corrected chi connectivity index (χ1v) is 4.25. The van der Waals surface area contributed by atoms with Gasteiger partial charge in [-0.1, -0.05) is 12.2 Å². The molecule has 0 unspecified atom stereocenters. The van der Waals surface area contributed by atoms with Crippen LogP contribution in [-0.2, 0) is 4.79 Å². The van der Waals surface area contributed by atoms with Crippen LogP contribution in [0, 0.1) is 0 Å². The zero-order chi connectivity index (χ0) is 9.97. The summed E-state index contributed by atoms with van der Waals surface area (Å²) in [7, 11) is 0. The predicted molar refractivity (Wildman–Crippen MR) is 52.1 cm³/mol. The molecule has 0 aromatic carbocycles. The highest BCUT2D eigenvalue weighted by Gasteiger charge is 2.15. The molecule has 1 amide bonds. The lowest BCUT2D eigenvalue weighted by Crippen LogP contribution is -2.15. The maximum absolute atomic E-state index is 10.9. The molecule has 1 aliphatic carbocycles. The highest BCUT2D eigenvalue weighted by Crippen LogP contribution is 2.26. The fourth-order valence-electron chi connectivity index (χ4n) is 1.35. The number of hydrogen-bond donors (Lipinski definition) is 1. The van der Waals surface area contributed by atoms with Crippen molar-refractivity contribution in [2.75, 3.05) is 0 Å². The van der Waals surface area contributed by atoms with Crippen molar-refractivity contribution in [2.45, 2.75) is 6.42 Å². The van der Waals surface area contributed by atoms with Crippen molar-refractivity contribution < 1.29 is 4.79 Å². The number of hydrogen-bond acceptors (Lipinski definition) is 3. The molecule has 4 nitrogen and oxygen atoms in total. The molecule has 0 saturated heterocycles. The fraction of sp³-hybridized carbons (Fsp3) is 0.100. The van der Waals surface area contributed by atoms with Crippen molar-refractivity contribution >= 4 is 5.91 Å². The Morgan fingerprint density at radius 1 is 1.36 bits per heavy atom. The molecule has 2 rings (SSSR count). The second-order valence-electron chi connectivity index (χ2n) is 3.03. The molecule has 2 N–H and O–H groups in total. The molecule has 1 aliphatic heterocycles. The van der Waals surface area contributed by atoms with Crippen molar-refractivity contribution in [3.63, 3.8) is 0 Å². The highest BCUT2D eigenvalue weighted by molar-refractivity contribution is 5.93. The number of amides is 1. The van der Waals surface area contributed by atoms with Crippen LogP contribution in [0.4, 0.5) is 0 Å². The molecule has 2 aliphatic rings. The Hall–Kier alpha value is -1.97. The number of azo groups is 1. The van der Waals surface area contributed by atoms with Gasteiger partial charge in [-0.3, -0.25) is 4.79 Å². The average Bonchev–Trinajstić information content (AvgIpc) is 2.41. The zero-order valence-electron chi connectivity index (χ0n) is 7.47.